The number of benzene rings is 1. The molecule has 3 rings (SSSR count). The van der Waals surface area contributed by atoms with Crippen LogP contribution >= 0.6 is 0 Å². The van der Waals surface area contributed by atoms with E-state index in [0.29, 0.717) is 31.6 Å². The van der Waals surface area contributed by atoms with E-state index in [-0.39, 0.29) is 37.1 Å². The Balaban J connectivity index is 1.76. The fraction of sp³-hybridized carbons (Fsp3) is 0.520. The predicted molar refractivity (Wildman–Crippen MR) is 130 cm³/mol. The second-order valence-electron chi connectivity index (χ2n) is 9.01. The molecule has 2 unspecified atom stereocenters. The van der Waals surface area contributed by atoms with Crippen LogP contribution in [0.1, 0.15) is 50.8 Å². The molecule has 0 radical (unpaired) electrons. The number of aliphatic hydroxyl groups is 1. The van der Waals surface area contributed by atoms with Gasteiger partial charge in [-0.1, -0.05) is 25.5 Å². The number of nitrogens with zero attached hydrogens (tertiary/aromatic N) is 3. The lowest BCUT2D eigenvalue weighted by molar-refractivity contribution is -0.166. The third kappa shape index (κ3) is 6.51. The van der Waals surface area contributed by atoms with Gasteiger partial charge in [-0.25, -0.2) is 15.4 Å². The highest BCUT2D eigenvalue weighted by Crippen LogP contribution is 2.36. The fourth-order valence-electron chi connectivity index (χ4n) is 4.58. The van der Waals surface area contributed by atoms with Gasteiger partial charge in [-0.2, -0.15) is 13.2 Å². The second kappa shape index (κ2) is 12.4. The third-order valence-corrected chi connectivity index (χ3v) is 6.52. The summed E-state index contributed by atoms with van der Waals surface area (Å²) < 4.78 is 44.3. The highest BCUT2D eigenvalue weighted by atomic mass is 19.4. The lowest BCUT2D eigenvalue weighted by atomic mass is 9.77. The largest absolute Gasteiger partial charge is 0.494 e. The summed E-state index contributed by atoms with van der Waals surface area (Å²) in [6.07, 6.45) is -2.16. The van der Waals surface area contributed by atoms with E-state index in [1.54, 1.807) is 19.1 Å². The number of likely N-dealkylation sites (tertiary alicyclic amines) is 1. The smallest absolute Gasteiger partial charge is 0.433 e. The monoisotopic (exact) mass is 539 g/mol. The molecule has 4 N–H and O–H groups in total. The summed E-state index contributed by atoms with van der Waals surface area (Å²) in [6.45, 7) is 4.50. The fourth-order valence-corrected chi connectivity index (χ4v) is 4.58. The molecule has 0 bridgehead atoms. The van der Waals surface area contributed by atoms with Crippen molar-refractivity contribution in [1.82, 2.24) is 20.3 Å². The van der Waals surface area contributed by atoms with Crippen LogP contribution in [0.15, 0.2) is 36.5 Å². The molecule has 1 aromatic heterocycles. The van der Waals surface area contributed by atoms with Crippen molar-refractivity contribution < 1.29 is 37.8 Å². The van der Waals surface area contributed by atoms with E-state index < -0.39 is 35.2 Å². The summed E-state index contributed by atoms with van der Waals surface area (Å²) in [6, 6.07) is 6.58. The Morgan fingerprint density at radius 2 is 1.82 bits per heavy atom. The first-order valence-electron chi connectivity index (χ1n) is 12.4. The number of rotatable bonds is 10. The molecule has 1 saturated heterocycles. The zero-order valence-corrected chi connectivity index (χ0v) is 21.2. The van der Waals surface area contributed by atoms with E-state index in [2.05, 4.69) is 15.3 Å². The Labute approximate surface area is 218 Å². The van der Waals surface area contributed by atoms with Crippen molar-refractivity contribution in [3.63, 3.8) is 0 Å². The number of ether oxygens (including phenoxy) is 1. The number of piperidine rings is 1. The van der Waals surface area contributed by atoms with Crippen LogP contribution in [-0.4, -0.2) is 62.7 Å². The number of hydroxylamine groups is 1. The standard InChI is InChI=1S/C25H32F3N5O5/c1-3-5-19(24(36,22(35)32-37)16-6-8-18(9-7-16)38-4-2)21(34)33-14-11-17(12-15-33)30-23-29-13-10-20(31-23)25(26,27)28/h6-10,13,17,19,36-37H,3-5,11-12,14-15H2,1-2H3,(H,32,35)(H,29,30,31). The number of nitrogens with one attached hydrogen (secondary N) is 2. The van der Waals surface area contributed by atoms with Gasteiger partial charge >= 0.3 is 6.18 Å². The predicted octanol–water partition coefficient (Wildman–Crippen LogP) is 3.11. The molecular weight excluding hydrogens is 507 g/mol. The number of amides is 2. The molecule has 1 aliphatic heterocycles. The van der Waals surface area contributed by atoms with Crippen molar-refractivity contribution in [2.24, 2.45) is 5.92 Å². The first kappa shape index (κ1) is 29.1. The lowest BCUT2D eigenvalue weighted by Gasteiger charge is -2.39. The van der Waals surface area contributed by atoms with Crippen LogP contribution in [0.5, 0.6) is 5.75 Å². The van der Waals surface area contributed by atoms with Gasteiger partial charge in [0, 0.05) is 25.3 Å². The topological polar surface area (TPSA) is 137 Å². The molecule has 1 aromatic carbocycles. The van der Waals surface area contributed by atoms with Gasteiger partial charge in [-0.15, -0.1) is 0 Å². The van der Waals surface area contributed by atoms with Gasteiger partial charge in [0.25, 0.3) is 5.91 Å². The Morgan fingerprint density at radius 1 is 1.16 bits per heavy atom. The Bertz CT molecular complexity index is 1090. The summed E-state index contributed by atoms with van der Waals surface area (Å²) in [5, 5.41) is 23.9. The van der Waals surface area contributed by atoms with Gasteiger partial charge in [0.05, 0.1) is 12.5 Å². The van der Waals surface area contributed by atoms with Crippen LogP contribution in [0.3, 0.4) is 0 Å². The Morgan fingerprint density at radius 3 is 2.37 bits per heavy atom. The van der Waals surface area contributed by atoms with E-state index in [1.807, 2.05) is 6.92 Å². The molecule has 1 fully saturated rings. The lowest BCUT2D eigenvalue weighted by Crippen LogP contribution is -2.55. The molecule has 2 amide bonds. The van der Waals surface area contributed by atoms with Gasteiger partial charge in [-0.05, 0) is 49.9 Å². The number of halogens is 3. The summed E-state index contributed by atoms with van der Waals surface area (Å²) in [7, 11) is 0. The van der Waals surface area contributed by atoms with Crippen LogP contribution in [0.4, 0.5) is 19.1 Å². The molecule has 2 aromatic rings. The highest BCUT2D eigenvalue weighted by Gasteiger charge is 2.50. The highest BCUT2D eigenvalue weighted by molar-refractivity contribution is 5.93. The van der Waals surface area contributed by atoms with Gasteiger partial charge in [0.1, 0.15) is 11.4 Å². The summed E-state index contributed by atoms with van der Waals surface area (Å²) in [5.74, 6) is -2.44. The van der Waals surface area contributed by atoms with Crippen molar-refractivity contribution in [3.8, 4) is 5.75 Å². The van der Waals surface area contributed by atoms with E-state index in [0.717, 1.165) is 12.3 Å². The van der Waals surface area contributed by atoms with Crippen LogP contribution in [0.25, 0.3) is 0 Å². The van der Waals surface area contributed by atoms with Crippen molar-refractivity contribution >= 4 is 17.8 Å². The van der Waals surface area contributed by atoms with E-state index in [4.69, 9.17) is 4.74 Å². The van der Waals surface area contributed by atoms with Gasteiger partial charge in [0.15, 0.2) is 5.60 Å². The SMILES string of the molecule is CCCC(C(=O)N1CCC(Nc2nccc(C(F)(F)F)n2)CC1)C(O)(C(=O)NO)c1ccc(OCC)cc1. The van der Waals surface area contributed by atoms with Crippen LogP contribution in [-0.2, 0) is 21.4 Å². The molecule has 2 atom stereocenters. The van der Waals surface area contributed by atoms with Crippen molar-refractivity contribution in [2.75, 3.05) is 25.0 Å². The first-order valence-corrected chi connectivity index (χ1v) is 12.4. The summed E-state index contributed by atoms with van der Waals surface area (Å²) >= 11 is 0. The minimum Gasteiger partial charge on any atom is -0.494 e. The van der Waals surface area contributed by atoms with Gasteiger partial charge < -0.3 is 20.1 Å². The Kier molecular flexibility index (Phi) is 9.50. The molecule has 0 spiro atoms. The molecule has 1 aliphatic rings. The minimum atomic E-state index is -4.59. The molecule has 0 aliphatic carbocycles. The zero-order valence-electron chi connectivity index (χ0n) is 21.2. The quantitative estimate of drug-likeness (QED) is 0.267. The molecule has 38 heavy (non-hydrogen) atoms. The maximum absolute atomic E-state index is 13.6. The molecule has 13 heteroatoms. The van der Waals surface area contributed by atoms with Crippen molar-refractivity contribution in [2.45, 2.75) is 57.3 Å². The van der Waals surface area contributed by atoms with Crippen molar-refractivity contribution in [3.05, 3.63) is 47.8 Å². The zero-order chi connectivity index (χ0) is 27.9. The molecule has 208 valence electrons. The molecule has 0 saturated carbocycles. The maximum atomic E-state index is 13.6. The average Bonchev–Trinajstić information content (AvgIpc) is 2.91. The van der Waals surface area contributed by atoms with E-state index in [9.17, 15) is 33.1 Å². The number of aromatic nitrogens is 2. The maximum Gasteiger partial charge on any atom is 0.433 e. The number of hydrogen-bond acceptors (Lipinski definition) is 8. The van der Waals surface area contributed by atoms with E-state index in [1.165, 1.54) is 22.5 Å². The van der Waals surface area contributed by atoms with Crippen LogP contribution in [0, 0.1) is 5.92 Å². The molecule has 2 heterocycles. The second-order valence-corrected chi connectivity index (χ2v) is 9.01. The number of alkyl halides is 3. The molecule has 10 nitrogen and oxygen atoms in total. The number of carbonyl (C=O) groups is 2. The first-order chi connectivity index (χ1) is 18.0. The number of carbonyl (C=O) groups excluding carboxylic acids is 2. The van der Waals surface area contributed by atoms with Gasteiger partial charge in [-0.3, -0.25) is 14.8 Å². The Hall–Kier alpha value is -3.45. The minimum absolute atomic E-state index is 0.123. The van der Waals surface area contributed by atoms with Crippen LogP contribution in [0.2, 0.25) is 0 Å². The average molecular weight is 540 g/mol. The van der Waals surface area contributed by atoms with E-state index >= 15 is 0 Å². The summed E-state index contributed by atoms with van der Waals surface area (Å²) in [4.78, 5) is 35.3. The normalized spacial score (nSPS) is 16.9. The van der Waals surface area contributed by atoms with Crippen molar-refractivity contribution in [1.29, 1.82) is 0 Å². The number of hydrogen-bond donors (Lipinski definition) is 4. The number of anilines is 1. The van der Waals surface area contributed by atoms with Crippen LogP contribution < -0.4 is 15.5 Å². The van der Waals surface area contributed by atoms with Gasteiger partial charge in [0.2, 0.25) is 11.9 Å². The molecular formula is C25H32F3N5O5. The summed E-state index contributed by atoms with van der Waals surface area (Å²) in [5.41, 5.74) is -1.79. The third-order valence-electron chi connectivity index (χ3n) is 6.52.